The van der Waals surface area contributed by atoms with E-state index in [0.29, 0.717) is 41.0 Å². The number of hydrogen-bond donors (Lipinski definition) is 0. The van der Waals surface area contributed by atoms with Gasteiger partial charge in [0.1, 0.15) is 22.8 Å². The maximum Gasteiger partial charge on any atom is 0.290 e. The summed E-state index contributed by atoms with van der Waals surface area (Å²) in [5, 5.41) is 0.480. The fraction of sp³-hybridized carbons (Fsp3) is 0.176. The standard InChI is InChI=1S/C34H29NO5/c1-21-18-28-29(19-22(21)2)40-33-30(32(28)36)31(24-8-7-11-27(20-24)39-26-9-5-4-6-10-26)35(34(33)37)17-16-23-12-14-25(38-3)15-13-23/h4-15,18-20,31H,16-17H2,1-3H3. The molecule has 5 aromatic rings. The zero-order valence-electron chi connectivity index (χ0n) is 22.6. The first-order valence-electron chi connectivity index (χ1n) is 13.3. The Labute approximate surface area is 232 Å². The van der Waals surface area contributed by atoms with Gasteiger partial charge in [-0.05, 0) is 91.1 Å². The number of benzene rings is 4. The number of methoxy groups -OCH3 is 1. The van der Waals surface area contributed by atoms with Gasteiger partial charge < -0.3 is 18.8 Å². The SMILES string of the molecule is COc1ccc(CCN2C(=O)c3oc4cc(C)c(C)cc4c(=O)c3C2c2cccc(Oc3ccccc3)c2)cc1. The summed E-state index contributed by atoms with van der Waals surface area (Å²) < 4.78 is 17.6. The minimum absolute atomic E-state index is 0.106. The summed E-state index contributed by atoms with van der Waals surface area (Å²) in [5.74, 6) is 1.91. The van der Waals surface area contributed by atoms with E-state index >= 15 is 0 Å². The average molecular weight is 532 g/mol. The molecule has 0 aliphatic carbocycles. The minimum Gasteiger partial charge on any atom is -0.497 e. The van der Waals surface area contributed by atoms with Crippen LogP contribution in [0.1, 0.15) is 44.4 Å². The maximum absolute atomic E-state index is 14.0. The number of nitrogens with zero attached hydrogens (tertiary/aromatic N) is 1. The van der Waals surface area contributed by atoms with Crippen LogP contribution in [0.5, 0.6) is 17.2 Å². The van der Waals surface area contributed by atoms with Gasteiger partial charge in [0, 0.05) is 6.54 Å². The summed E-state index contributed by atoms with van der Waals surface area (Å²) in [5.41, 5.74) is 4.45. The highest BCUT2D eigenvalue weighted by molar-refractivity contribution is 5.99. The number of fused-ring (bicyclic) bond motifs is 2. The first kappa shape index (κ1) is 25.4. The Bertz CT molecular complexity index is 1770. The van der Waals surface area contributed by atoms with Crippen LogP contribution in [-0.2, 0) is 6.42 Å². The van der Waals surface area contributed by atoms with Crippen molar-refractivity contribution >= 4 is 16.9 Å². The second-order valence-electron chi connectivity index (χ2n) is 10.1. The molecule has 1 atom stereocenters. The van der Waals surface area contributed by atoms with Crippen molar-refractivity contribution in [1.82, 2.24) is 4.90 Å². The van der Waals surface area contributed by atoms with Crippen molar-refractivity contribution in [3.63, 3.8) is 0 Å². The average Bonchev–Trinajstić information content (AvgIpc) is 3.25. The zero-order chi connectivity index (χ0) is 27.8. The Balaban J connectivity index is 1.44. The molecular weight excluding hydrogens is 502 g/mol. The van der Waals surface area contributed by atoms with Crippen molar-refractivity contribution in [1.29, 1.82) is 0 Å². The summed E-state index contributed by atoms with van der Waals surface area (Å²) in [4.78, 5) is 29.6. The second-order valence-corrected chi connectivity index (χ2v) is 10.1. The Morgan fingerprint density at radius 2 is 1.52 bits per heavy atom. The molecule has 0 bridgehead atoms. The lowest BCUT2D eigenvalue weighted by Crippen LogP contribution is -2.31. The van der Waals surface area contributed by atoms with E-state index in [-0.39, 0.29) is 17.1 Å². The van der Waals surface area contributed by atoms with Crippen LogP contribution in [0.25, 0.3) is 11.0 Å². The molecule has 0 saturated carbocycles. The van der Waals surface area contributed by atoms with Gasteiger partial charge in [0.25, 0.3) is 5.91 Å². The molecule has 1 aromatic heterocycles. The van der Waals surface area contributed by atoms with Gasteiger partial charge in [-0.3, -0.25) is 9.59 Å². The first-order valence-corrected chi connectivity index (χ1v) is 13.3. The number of carbonyl (C=O) groups is 1. The summed E-state index contributed by atoms with van der Waals surface area (Å²) in [6.45, 7) is 4.33. The molecule has 0 spiro atoms. The quantitative estimate of drug-likeness (QED) is 0.226. The lowest BCUT2D eigenvalue weighted by Gasteiger charge is -2.25. The fourth-order valence-electron chi connectivity index (χ4n) is 5.27. The highest BCUT2D eigenvalue weighted by Crippen LogP contribution is 2.40. The number of hydrogen-bond acceptors (Lipinski definition) is 5. The van der Waals surface area contributed by atoms with Crippen LogP contribution in [0.4, 0.5) is 0 Å². The Kier molecular flexibility index (Phi) is 6.60. The summed E-state index contributed by atoms with van der Waals surface area (Å²) in [7, 11) is 1.63. The monoisotopic (exact) mass is 531 g/mol. The lowest BCUT2D eigenvalue weighted by atomic mass is 9.97. The van der Waals surface area contributed by atoms with Gasteiger partial charge in [-0.15, -0.1) is 0 Å². The Hall–Kier alpha value is -4.84. The van der Waals surface area contributed by atoms with Gasteiger partial charge in [-0.1, -0.05) is 42.5 Å². The molecule has 6 heteroatoms. The van der Waals surface area contributed by atoms with Crippen molar-refractivity contribution in [3.8, 4) is 17.2 Å². The molecule has 6 nitrogen and oxygen atoms in total. The summed E-state index contributed by atoms with van der Waals surface area (Å²) in [6.07, 6.45) is 0.604. The molecule has 40 heavy (non-hydrogen) atoms. The molecule has 0 saturated heterocycles. The van der Waals surface area contributed by atoms with E-state index in [1.807, 2.05) is 105 Å². The normalized spacial score (nSPS) is 14.4. The Morgan fingerprint density at radius 1 is 0.800 bits per heavy atom. The molecule has 6 rings (SSSR count). The van der Waals surface area contributed by atoms with E-state index in [2.05, 4.69) is 0 Å². The van der Waals surface area contributed by atoms with Gasteiger partial charge in [0.15, 0.2) is 5.43 Å². The van der Waals surface area contributed by atoms with Crippen LogP contribution in [-0.4, -0.2) is 24.5 Å². The largest absolute Gasteiger partial charge is 0.497 e. The molecule has 0 radical (unpaired) electrons. The predicted molar refractivity (Wildman–Crippen MR) is 154 cm³/mol. The summed E-state index contributed by atoms with van der Waals surface area (Å²) >= 11 is 0. The molecule has 2 heterocycles. The van der Waals surface area contributed by atoms with Crippen molar-refractivity contribution in [2.24, 2.45) is 0 Å². The van der Waals surface area contributed by atoms with E-state index < -0.39 is 6.04 Å². The number of amides is 1. The third-order valence-electron chi connectivity index (χ3n) is 7.54. The smallest absolute Gasteiger partial charge is 0.290 e. The molecule has 4 aromatic carbocycles. The number of aryl methyl sites for hydroxylation is 2. The highest BCUT2D eigenvalue weighted by atomic mass is 16.5. The highest BCUT2D eigenvalue weighted by Gasteiger charge is 2.42. The molecule has 200 valence electrons. The van der Waals surface area contributed by atoms with Crippen molar-refractivity contribution in [3.05, 3.63) is 135 Å². The summed E-state index contributed by atoms with van der Waals surface area (Å²) in [6, 6.07) is 27.9. The minimum atomic E-state index is -0.609. The van der Waals surface area contributed by atoms with Crippen LogP contribution in [0.2, 0.25) is 0 Å². The van der Waals surface area contributed by atoms with Crippen LogP contribution < -0.4 is 14.9 Å². The van der Waals surface area contributed by atoms with E-state index in [1.54, 1.807) is 12.0 Å². The van der Waals surface area contributed by atoms with Crippen LogP contribution >= 0.6 is 0 Å². The molecule has 1 aliphatic rings. The van der Waals surface area contributed by atoms with E-state index in [0.717, 1.165) is 28.0 Å². The predicted octanol–water partition coefficient (Wildman–Crippen LogP) is 7.00. The number of ether oxygens (including phenoxy) is 2. The van der Waals surface area contributed by atoms with Crippen molar-refractivity contribution < 1.29 is 18.7 Å². The van der Waals surface area contributed by atoms with Gasteiger partial charge >= 0.3 is 0 Å². The zero-order valence-corrected chi connectivity index (χ0v) is 22.6. The topological polar surface area (TPSA) is 69.0 Å². The van der Waals surface area contributed by atoms with Gasteiger partial charge in [-0.2, -0.15) is 0 Å². The van der Waals surface area contributed by atoms with Crippen LogP contribution in [0.15, 0.2) is 100 Å². The van der Waals surface area contributed by atoms with Gasteiger partial charge in [0.05, 0.1) is 24.1 Å². The number of rotatable bonds is 7. The maximum atomic E-state index is 14.0. The molecule has 0 N–H and O–H groups in total. The van der Waals surface area contributed by atoms with Crippen LogP contribution in [0, 0.1) is 13.8 Å². The van der Waals surface area contributed by atoms with E-state index in [9.17, 15) is 9.59 Å². The number of para-hydroxylation sites is 1. The third kappa shape index (κ3) is 4.62. The second kappa shape index (κ2) is 10.4. The Morgan fingerprint density at radius 3 is 2.27 bits per heavy atom. The van der Waals surface area contributed by atoms with Crippen molar-refractivity contribution in [2.45, 2.75) is 26.3 Å². The fourth-order valence-corrected chi connectivity index (χ4v) is 5.27. The van der Waals surface area contributed by atoms with Crippen molar-refractivity contribution in [2.75, 3.05) is 13.7 Å². The first-order chi connectivity index (χ1) is 19.4. The van der Waals surface area contributed by atoms with E-state index in [1.165, 1.54) is 0 Å². The van der Waals surface area contributed by atoms with Crippen LogP contribution in [0.3, 0.4) is 0 Å². The molecule has 1 aliphatic heterocycles. The molecule has 1 unspecified atom stereocenters. The third-order valence-corrected chi connectivity index (χ3v) is 7.54. The molecule has 0 fully saturated rings. The molecular formula is C34H29NO5. The number of carbonyl (C=O) groups excluding carboxylic acids is 1. The van der Waals surface area contributed by atoms with Gasteiger partial charge in [0.2, 0.25) is 5.76 Å². The van der Waals surface area contributed by atoms with E-state index in [4.69, 9.17) is 13.9 Å². The lowest BCUT2D eigenvalue weighted by molar-refractivity contribution is 0.0730. The van der Waals surface area contributed by atoms with Gasteiger partial charge in [-0.25, -0.2) is 0 Å². The molecule has 1 amide bonds.